The molecule has 0 spiro atoms. The number of nitrogens with two attached hydrogens (primary N) is 1. The lowest BCUT2D eigenvalue weighted by molar-refractivity contribution is -0.129. The topological polar surface area (TPSA) is 116 Å². The Morgan fingerprint density at radius 2 is 1.96 bits per heavy atom. The number of hydrogen-bond acceptors (Lipinski definition) is 5. The molecule has 1 amide bonds. The zero-order valence-corrected chi connectivity index (χ0v) is 14.7. The van der Waals surface area contributed by atoms with Crippen LogP contribution in [-0.4, -0.2) is 32.4 Å². The Hall–Kier alpha value is -1.64. The van der Waals surface area contributed by atoms with Crippen molar-refractivity contribution in [2.75, 3.05) is 0 Å². The summed E-state index contributed by atoms with van der Waals surface area (Å²) in [6.45, 7) is 1.44. The molecule has 1 aromatic carbocycles. The number of amides is 1. The number of benzene rings is 1. The minimum Gasteiger partial charge on any atom is -0.449 e. The van der Waals surface area contributed by atoms with Gasteiger partial charge >= 0.3 is 5.97 Å². The van der Waals surface area contributed by atoms with E-state index in [4.69, 9.17) is 21.5 Å². The van der Waals surface area contributed by atoms with Gasteiger partial charge in [-0.1, -0.05) is 24.4 Å². The summed E-state index contributed by atoms with van der Waals surface area (Å²) in [5.74, 6) is -1.28. The van der Waals surface area contributed by atoms with E-state index in [9.17, 15) is 18.0 Å². The van der Waals surface area contributed by atoms with E-state index in [0.29, 0.717) is 0 Å². The predicted octanol–water partition coefficient (Wildman–Crippen LogP) is 1.59. The van der Waals surface area contributed by atoms with E-state index in [1.54, 1.807) is 0 Å². The minimum absolute atomic E-state index is 0.0100. The number of hydrogen-bond donors (Lipinski definition) is 2. The highest BCUT2D eigenvalue weighted by Gasteiger charge is 2.25. The Labute approximate surface area is 145 Å². The molecule has 0 unspecified atom stereocenters. The van der Waals surface area contributed by atoms with Crippen molar-refractivity contribution in [3.05, 3.63) is 28.8 Å². The van der Waals surface area contributed by atoms with Crippen molar-refractivity contribution in [3.8, 4) is 0 Å². The van der Waals surface area contributed by atoms with Crippen molar-refractivity contribution < 1.29 is 22.7 Å². The lowest BCUT2D eigenvalue weighted by Gasteiger charge is -2.17. The molecule has 1 atom stereocenters. The number of esters is 1. The summed E-state index contributed by atoms with van der Waals surface area (Å²) < 4.78 is 27.8. The molecule has 0 aliphatic heterocycles. The number of nitrogens with one attached hydrogen (secondary N) is 1. The van der Waals surface area contributed by atoms with Crippen LogP contribution in [0.2, 0.25) is 5.02 Å². The molecule has 0 radical (unpaired) electrons. The van der Waals surface area contributed by atoms with Crippen LogP contribution >= 0.6 is 11.6 Å². The molecule has 132 valence electrons. The maximum Gasteiger partial charge on any atom is 0.340 e. The smallest absolute Gasteiger partial charge is 0.340 e. The number of rotatable bonds is 5. The molecule has 0 bridgehead atoms. The molecular formula is C15H19ClN2O5S. The van der Waals surface area contributed by atoms with Crippen molar-refractivity contribution in [1.29, 1.82) is 0 Å². The second-order valence-electron chi connectivity index (χ2n) is 5.72. The largest absolute Gasteiger partial charge is 0.449 e. The summed E-state index contributed by atoms with van der Waals surface area (Å²) in [5.41, 5.74) is -0.163. The van der Waals surface area contributed by atoms with E-state index < -0.39 is 28.0 Å². The molecule has 24 heavy (non-hydrogen) atoms. The van der Waals surface area contributed by atoms with Gasteiger partial charge in [-0.2, -0.15) is 0 Å². The molecule has 1 aliphatic carbocycles. The number of carbonyl (C=O) groups is 2. The lowest BCUT2D eigenvalue weighted by Crippen LogP contribution is -2.40. The third-order valence-electron chi connectivity index (χ3n) is 3.84. The van der Waals surface area contributed by atoms with Crippen LogP contribution in [0.5, 0.6) is 0 Å². The van der Waals surface area contributed by atoms with Crippen LogP contribution in [-0.2, 0) is 19.6 Å². The average Bonchev–Trinajstić information content (AvgIpc) is 2.99. The van der Waals surface area contributed by atoms with Crippen LogP contribution in [0, 0.1) is 0 Å². The van der Waals surface area contributed by atoms with E-state index in [-0.39, 0.29) is 21.5 Å². The summed E-state index contributed by atoms with van der Waals surface area (Å²) in [5, 5.41) is 7.86. The molecule has 1 fully saturated rings. The summed E-state index contributed by atoms with van der Waals surface area (Å²) >= 11 is 5.90. The van der Waals surface area contributed by atoms with Gasteiger partial charge < -0.3 is 10.1 Å². The monoisotopic (exact) mass is 374 g/mol. The van der Waals surface area contributed by atoms with Crippen molar-refractivity contribution >= 4 is 33.5 Å². The molecule has 1 saturated carbocycles. The van der Waals surface area contributed by atoms with Gasteiger partial charge in [-0.05, 0) is 38.0 Å². The molecule has 0 heterocycles. The molecular weight excluding hydrogens is 356 g/mol. The number of carbonyl (C=O) groups excluding carboxylic acids is 2. The van der Waals surface area contributed by atoms with Crippen LogP contribution in [0.25, 0.3) is 0 Å². The first-order valence-electron chi connectivity index (χ1n) is 7.52. The van der Waals surface area contributed by atoms with Crippen molar-refractivity contribution in [2.24, 2.45) is 5.14 Å². The van der Waals surface area contributed by atoms with Crippen LogP contribution in [0.15, 0.2) is 23.1 Å². The molecule has 1 aromatic rings. The van der Waals surface area contributed by atoms with Gasteiger partial charge in [-0.3, -0.25) is 4.79 Å². The van der Waals surface area contributed by atoms with Gasteiger partial charge in [0.05, 0.1) is 15.5 Å². The first-order valence-corrected chi connectivity index (χ1v) is 9.44. The SMILES string of the molecule is C[C@@H](OC(=O)c1cc(S(N)(=O)=O)ccc1Cl)C(=O)NC1CCCC1. The number of primary sulfonamides is 1. The molecule has 3 N–H and O–H groups in total. The van der Waals surface area contributed by atoms with Crippen LogP contribution in [0.3, 0.4) is 0 Å². The summed E-state index contributed by atoms with van der Waals surface area (Å²) in [7, 11) is -3.98. The van der Waals surface area contributed by atoms with Gasteiger partial charge in [0, 0.05) is 6.04 Å². The highest BCUT2D eigenvalue weighted by molar-refractivity contribution is 7.89. The van der Waals surface area contributed by atoms with E-state index in [1.165, 1.54) is 19.1 Å². The standard InChI is InChI=1S/C15H19ClN2O5S/c1-9(14(19)18-10-4-2-3-5-10)23-15(20)12-8-11(24(17,21)22)6-7-13(12)16/h6-10H,2-5H2,1H3,(H,18,19)(H2,17,21,22)/t9-/m1/s1. The van der Waals surface area contributed by atoms with Gasteiger partial charge in [0.1, 0.15) is 0 Å². The molecule has 9 heteroatoms. The summed E-state index contributed by atoms with van der Waals surface area (Å²) in [6, 6.07) is 3.56. The van der Waals surface area contributed by atoms with Crippen molar-refractivity contribution in [2.45, 2.75) is 49.6 Å². The van der Waals surface area contributed by atoms with Gasteiger partial charge in [0.15, 0.2) is 6.10 Å². The van der Waals surface area contributed by atoms with Crippen molar-refractivity contribution in [1.82, 2.24) is 5.32 Å². The minimum atomic E-state index is -3.98. The number of ether oxygens (including phenoxy) is 1. The third-order valence-corrected chi connectivity index (χ3v) is 5.08. The van der Waals surface area contributed by atoms with Crippen molar-refractivity contribution in [3.63, 3.8) is 0 Å². The van der Waals surface area contributed by atoms with Crippen LogP contribution in [0.4, 0.5) is 0 Å². The number of sulfonamides is 1. The molecule has 0 saturated heterocycles. The Morgan fingerprint density at radius 3 is 2.54 bits per heavy atom. The van der Waals surface area contributed by atoms with Gasteiger partial charge in [-0.25, -0.2) is 18.4 Å². The van der Waals surface area contributed by atoms with E-state index in [0.717, 1.165) is 31.7 Å². The van der Waals surface area contributed by atoms with E-state index in [2.05, 4.69) is 5.32 Å². The fourth-order valence-corrected chi connectivity index (χ4v) is 3.24. The number of halogens is 1. The Kier molecular flexibility index (Phi) is 5.84. The van der Waals surface area contributed by atoms with Crippen LogP contribution in [0.1, 0.15) is 43.0 Å². The average molecular weight is 375 g/mol. The Morgan fingerprint density at radius 1 is 1.33 bits per heavy atom. The summed E-state index contributed by atoms with van der Waals surface area (Å²) in [6.07, 6.45) is 2.93. The molecule has 7 nitrogen and oxygen atoms in total. The maximum atomic E-state index is 12.2. The molecule has 0 aromatic heterocycles. The predicted molar refractivity (Wildman–Crippen MR) is 88.1 cm³/mol. The lowest BCUT2D eigenvalue weighted by atomic mass is 10.2. The highest BCUT2D eigenvalue weighted by Crippen LogP contribution is 2.22. The Balaban J connectivity index is 2.07. The normalized spacial score (nSPS) is 16.6. The second-order valence-corrected chi connectivity index (χ2v) is 7.69. The second kappa shape index (κ2) is 7.50. The van der Waals surface area contributed by atoms with Gasteiger partial charge in [-0.15, -0.1) is 0 Å². The molecule has 1 aliphatic rings. The first kappa shape index (κ1) is 18.7. The third kappa shape index (κ3) is 4.68. The van der Waals surface area contributed by atoms with Gasteiger partial charge in [0.2, 0.25) is 10.0 Å². The molecule has 2 rings (SSSR count). The first-order chi connectivity index (χ1) is 11.2. The summed E-state index contributed by atoms with van der Waals surface area (Å²) in [4.78, 5) is 24.0. The quantitative estimate of drug-likeness (QED) is 0.759. The van der Waals surface area contributed by atoms with E-state index >= 15 is 0 Å². The fraction of sp³-hybridized carbons (Fsp3) is 0.467. The van der Waals surface area contributed by atoms with Gasteiger partial charge in [0.25, 0.3) is 5.91 Å². The highest BCUT2D eigenvalue weighted by atomic mass is 35.5. The van der Waals surface area contributed by atoms with Crippen LogP contribution < -0.4 is 10.5 Å². The maximum absolute atomic E-state index is 12.2. The Bertz CT molecular complexity index is 744. The fourth-order valence-electron chi connectivity index (χ4n) is 2.50. The van der Waals surface area contributed by atoms with E-state index in [1.807, 2.05) is 0 Å². The zero-order chi connectivity index (χ0) is 17.9. The zero-order valence-electron chi connectivity index (χ0n) is 13.1.